The van der Waals surface area contributed by atoms with E-state index in [4.69, 9.17) is 26.2 Å². The number of aliphatic imine (C=N–C) groups is 1. The highest BCUT2D eigenvalue weighted by molar-refractivity contribution is 6.30. The number of amidine groups is 1. The summed E-state index contributed by atoms with van der Waals surface area (Å²) in [6, 6.07) is 11.5. The lowest BCUT2D eigenvalue weighted by Gasteiger charge is -2.14. The maximum absolute atomic E-state index is 12.9. The van der Waals surface area contributed by atoms with E-state index >= 15 is 0 Å². The number of aliphatic hydroxyl groups excluding tert-OH is 1. The number of rotatable bonds is 7. The van der Waals surface area contributed by atoms with Crippen molar-refractivity contribution < 1.29 is 29.3 Å². The number of hydrogen-bond acceptors (Lipinski definition) is 6. The molecule has 2 aromatic carbocycles. The van der Waals surface area contributed by atoms with E-state index in [0.29, 0.717) is 28.6 Å². The van der Waals surface area contributed by atoms with Gasteiger partial charge in [0.2, 0.25) is 0 Å². The van der Waals surface area contributed by atoms with Gasteiger partial charge in [0.15, 0.2) is 17.6 Å². The Bertz CT molecular complexity index is 1080. The highest BCUT2D eigenvalue weighted by Crippen LogP contribution is 2.32. The van der Waals surface area contributed by atoms with E-state index in [0.717, 1.165) is 0 Å². The molecule has 2 N–H and O–H groups in total. The second kappa shape index (κ2) is 9.84. The fourth-order valence-corrected chi connectivity index (χ4v) is 3.30. The van der Waals surface area contributed by atoms with Gasteiger partial charge < -0.3 is 19.7 Å². The van der Waals surface area contributed by atoms with Crippen molar-refractivity contribution in [2.24, 2.45) is 4.99 Å². The monoisotopic (exact) mass is 458 g/mol. The number of aliphatic carboxylic acids is 1. The Morgan fingerprint density at radius 3 is 2.53 bits per heavy atom. The van der Waals surface area contributed by atoms with Crippen LogP contribution in [0.4, 0.5) is 5.69 Å². The van der Waals surface area contributed by atoms with Crippen LogP contribution in [0.1, 0.15) is 19.4 Å². The molecule has 1 heterocycles. The first kappa shape index (κ1) is 23.3. The lowest BCUT2D eigenvalue weighted by atomic mass is 10.1. The normalized spacial score (nSPS) is 19.5. The van der Waals surface area contributed by atoms with Crippen LogP contribution in [0.5, 0.6) is 11.5 Å². The highest BCUT2D eigenvalue weighted by Gasteiger charge is 2.39. The first-order valence-electron chi connectivity index (χ1n) is 9.88. The number of carbonyl (C=O) groups excluding carboxylic acids is 1. The fourth-order valence-electron chi connectivity index (χ4n) is 3.17. The second-order valence-corrected chi connectivity index (χ2v) is 7.44. The number of carboxylic acid groups (broad SMARTS) is 1. The van der Waals surface area contributed by atoms with Crippen LogP contribution in [0, 0.1) is 0 Å². The van der Waals surface area contributed by atoms with Crippen molar-refractivity contribution in [3.05, 3.63) is 58.6 Å². The molecular formula is C23H23ClN2O6. The Morgan fingerprint density at radius 1 is 1.25 bits per heavy atom. The van der Waals surface area contributed by atoms with Crippen molar-refractivity contribution in [3.8, 4) is 11.5 Å². The summed E-state index contributed by atoms with van der Waals surface area (Å²) in [5, 5.41) is 20.4. The first-order valence-corrected chi connectivity index (χ1v) is 10.3. The molecule has 2 aromatic rings. The van der Waals surface area contributed by atoms with Crippen LogP contribution in [-0.4, -0.2) is 58.7 Å². The predicted octanol–water partition coefficient (Wildman–Crippen LogP) is 3.54. The number of benzene rings is 2. The van der Waals surface area contributed by atoms with Gasteiger partial charge in [0.1, 0.15) is 11.9 Å². The van der Waals surface area contributed by atoms with Crippen LogP contribution >= 0.6 is 11.6 Å². The van der Waals surface area contributed by atoms with Crippen molar-refractivity contribution in [2.75, 3.05) is 13.7 Å². The van der Waals surface area contributed by atoms with E-state index in [2.05, 4.69) is 4.99 Å². The van der Waals surface area contributed by atoms with Gasteiger partial charge in [-0.2, -0.15) is 0 Å². The number of carbonyl (C=O) groups is 2. The minimum atomic E-state index is -1.22. The molecule has 0 aromatic heterocycles. The number of hydrogen-bond donors (Lipinski definition) is 2. The third kappa shape index (κ3) is 4.92. The van der Waals surface area contributed by atoms with E-state index in [1.54, 1.807) is 55.5 Å². The molecule has 32 heavy (non-hydrogen) atoms. The van der Waals surface area contributed by atoms with Crippen molar-refractivity contribution >= 4 is 41.1 Å². The number of likely N-dealkylation sites (N-methyl/N-ethyl adjacent to an activating group) is 1. The summed E-state index contributed by atoms with van der Waals surface area (Å²) in [6.45, 7) is 3.54. The van der Waals surface area contributed by atoms with Crippen molar-refractivity contribution in [3.63, 3.8) is 0 Å². The number of halogens is 1. The predicted molar refractivity (Wildman–Crippen MR) is 121 cm³/mol. The van der Waals surface area contributed by atoms with Gasteiger partial charge in [0, 0.05) is 11.6 Å². The molecule has 1 saturated heterocycles. The van der Waals surface area contributed by atoms with Crippen LogP contribution < -0.4 is 9.47 Å². The standard InChI is InChI=1S/C23H23ClN2O6/c1-4-26-21(25-16-8-6-15(24)7-9-16)20(27)17(22(26)28)11-14-5-10-18(19(12-14)31-3)32-13(2)23(29)30/h5-13,20,27H,4H2,1-3H3,(H,29,30)/b17-11+,25-21?. The largest absolute Gasteiger partial charge is 0.493 e. The molecule has 1 aliphatic rings. The van der Waals surface area contributed by atoms with E-state index in [1.807, 2.05) is 0 Å². The SMILES string of the molecule is CCN1C(=O)/C(=C/c2ccc(OC(C)C(=O)O)c(OC)c2)C(O)C1=Nc1ccc(Cl)cc1. The van der Waals surface area contributed by atoms with Crippen LogP contribution in [0.3, 0.4) is 0 Å². The lowest BCUT2D eigenvalue weighted by molar-refractivity contribution is -0.144. The smallest absolute Gasteiger partial charge is 0.344 e. The van der Waals surface area contributed by atoms with Gasteiger partial charge in [-0.3, -0.25) is 9.69 Å². The molecule has 0 radical (unpaired) electrons. The summed E-state index contributed by atoms with van der Waals surface area (Å²) in [4.78, 5) is 29.8. The first-order chi connectivity index (χ1) is 15.2. The number of nitrogens with zero attached hydrogens (tertiary/aromatic N) is 2. The Labute approximate surface area is 190 Å². The average Bonchev–Trinajstić information content (AvgIpc) is 2.99. The van der Waals surface area contributed by atoms with Crippen LogP contribution in [0.15, 0.2) is 53.0 Å². The number of likely N-dealkylation sites (tertiary alicyclic amines) is 1. The molecule has 0 saturated carbocycles. The van der Waals surface area contributed by atoms with Gasteiger partial charge in [-0.15, -0.1) is 0 Å². The highest BCUT2D eigenvalue weighted by atomic mass is 35.5. The van der Waals surface area contributed by atoms with Crippen molar-refractivity contribution in [1.82, 2.24) is 4.90 Å². The Balaban J connectivity index is 1.94. The van der Waals surface area contributed by atoms with Crippen LogP contribution in [-0.2, 0) is 9.59 Å². The summed E-state index contributed by atoms with van der Waals surface area (Å²) < 4.78 is 10.7. The quantitative estimate of drug-likeness (QED) is 0.614. The maximum atomic E-state index is 12.9. The third-order valence-corrected chi connectivity index (χ3v) is 5.11. The van der Waals surface area contributed by atoms with E-state index in [-0.39, 0.29) is 23.1 Å². The van der Waals surface area contributed by atoms with Crippen LogP contribution in [0.2, 0.25) is 5.02 Å². The van der Waals surface area contributed by atoms with Crippen molar-refractivity contribution in [2.45, 2.75) is 26.1 Å². The molecule has 8 nitrogen and oxygen atoms in total. The Morgan fingerprint density at radius 2 is 1.94 bits per heavy atom. The summed E-state index contributed by atoms with van der Waals surface area (Å²) >= 11 is 5.91. The fraction of sp³-hybridized carbons (Fsp3) is 0.261. The van der Waals surface area contributed by atoms with Gasteiger partial charge in [-0.25, -0.2) is 9.79 Å². The molecule has 2 atom stereocenters. The zero-order valence-corrected chi connectivity index (χ0v) is 18.5. The van der Waals surface area contributed by atoms with E-state index < -0.39 is 18.2 Å². The third-order valence-electron chi connectivity index (χ3n) is 4.86. The number of aliphatic hydroxyl groups is 1. The molecule has 168 valence electrons. The summed E-state index contributed by atoms with van der Waals surface area (Å²) in [5.41, 5.74) is 1.30. The molecule has 0 bridgehead atoms. The minimum Gasteiger partial charge on any atom is -0.493 e. The van der Waals surface area contributed by atoms with Gasteiger partial charge in [-0.1, -0.05) is 17.7 Å². The second-order valence-electron chi connectivity index (χ2n) is 7.01. The Hall–Kier alpha value is -3.36. The molecule has 0 aliphatic carbocycles. The zero-order valence-electron chi connectivity index (χ0n) is 17.8. The summed E-state index contributed by atoms with van der Waals surface area (Å²) in [7, 11) is 1.43. The van der Waals surface area contributed by atoms with Gasteiger partial charge >= 0.3 is 5.97 Å². The number of ether oxygens (including phenoxy) is 2. The maximum Gasteiger partial charge on any atom is 0.344 e. The zero-order chi connectivity index (χ0) is 23.4. The molecule has 1 fully saturated rings. The number of methoxy groups -OCH3 is 1. The van der Waals surface area contributed by atoms with Gasteiger partial charge in [0.25, 0.3) is 5.91 Å². The Kier molecular flexibility index (Phi) is 7.17. The molecule has 2 unspecified atom stereocenters. The van der Waals surface area contributed by atoms with E-state index in [1.165, 1.54) is 18.9 Å². The number of carboxylic acids is 1. The summed E-state index contributed by atoms with van der Waals surface area (Å²) in [6.07, 6.45) is -0.726. The molecule has 1 amide bonds. The molecule has 0 spiro atoms. The average molecular weight is 459 g/mol. The van der Waals surface area contributed by atoms with Crippen LogP contribution in [0.25, 0.3) is 6.08 Å². The molecule has 3 rings (SSSR count). The number of amides is 1. The molecule has 9 heteroatoms. The van der Waals surface area contributed by atoms with Gasteiger partial charge in [0.05, 0.1) is 18.4 Å². The van der Waals surface area contributed by atoms with E-state index in [9.17, 15) is 14.7 Å². The molecular weight excluding hydrogens is 436 g/mol. The molecule has 1 aliphatic heterocycles. The lowest BCUT2D eigenvalue weighted by Crippen LogP contribution is -2.31. The van der Waals surface area contributed by atoms with Gasteiger partial charge in [-0.05, 0) is 61.9 Å². The summed E-state index contributed by atoms with van der Waals surface area (Å²) in [5.74, 6) is -0.678. The topological polar surface area (TPSA) is 109 Å². The van der Waals surface area contributed by atoms with Crippen molar-refractivity contribution in [1.29, 1.82) is 0 Å². The minimum absolute atomic E-state index is 0.161.